The summed E-state index contributed by atoms with van der Waals surface area (Å²) in [7, 11) is 0. The molecule has 30 heavy (non-hydrogen) atoms. The van der Waals surface area contributed by atoms with E-state index in [1.165, 1.54) is 17.3 Å². The number of nitrogens with zero attached hydrogens (tertiary/aromatic N) is 3. The van der Waals surface area contributed by atoms with Crippen molar-refractivity contribution in [3.05, 3.63) is 71.0 Å². The van der Waals surface area contributed by atoms with Gasteiger partial charge in [0.1, 0.15) is 18.2 Å². The minimum Gasteiger partial charge on any atom is -0.492 e. The molecule has 0 aliphatic heterocycles. The largest absolute Gasteiger partial charge is 0.492 e. The topological polar surface area (TPSA) is 69.0 Å². The number of aromatic nitrogens is 3. The first kappa shape index (κ1) is 20.8. The molecule has 1 fully saturated rings. The zero-order chi connectivity index (χ0) is 20.8. The summed E-state index contributed by atoms with van der Waals surface area (Å²) in [6.07, 6.45) is 2.32. The van der Waals surface area contributed by atoms with E-state index >= 15 is 0 Å². The van der Waals surface area contributed by atoms with E-state index in [2.05, 4.69) is 32.2 Å². The first-order valence-electron chi connectivity index (χ1n) is 9.94. The van der Waals surface area contributed by atoms with E-state index in [9.17, 15) is 4.79 Å². The number of ether oxygens (including phenoxy) is 1. The maximum atomic E-state index is 12.2. The molecule has 6 nitrogen and oxygen atoms in total. The van der Waals surface area contributed by atoms with Crippen LogP contribution in [0.25, 0.3) is 0 Å². The molecule has 0 atom stereocenters. The van der Waals surface area contributed by atoms with Crippen molar-refractivity contribution in [2.45, 2.75) is 30.5 Å². The molecule has 0 saturated heterocycles. The Morgan fingerprint density at radius 1 is 1.13 bits per heavy atom. The Hall–Kier alpha value is -2.51. The third kappa shape index (κ3) is 5.77. The third-order valence-corrected chi connectivity index (χ3v) is 5.93. The van der Waals surface area contributed by atoms with Gasteiger partial charge >= 0.3 is 0 Å². The molecule has 1 saturated carbocycles. The van der Waals surface area contributed by atoms with E-state index in [1.54, 1.807) is 24.3 Å². The van der Waals surface area contributed by atoms with Gasteiger partial charge in [-0.1, -0.05) is 53.7 Å². The Balaban J connectivity index is 1.26. The van der Waals surface area contributed by atoms with Crippen molar-refractivity contribution in [3.63, 3.8) is 0 Å². The molecule has 2 aromatic carbocycles. The molecule has 0 radical (unpaired) electrons. The van der Waals surface area contributed by atoms with Crippen LogP contribution in [0.5, 0.6) is 5.75 Å². The molecule has 0 bridgehead atoms. The summed E-state index contributed by atoms with van der Waals surface area (Å²) in [5.41, 5.74) is 1.20. The summed E-state index contributed by atoms with van der Waals surface area (Å²) < 4.78 is 7.74. The monoisotopic (exact) mass is 442 g/mol. The average Bonchev–Trinajstić information content (AvgIpc) is 3.53. The highest BCUT2D eigenvalue weighted by Gasteiger charge is 2.30. The summed E-state index contributed by atoms with van der Waals surface area (Å²) in [4.78, 5) is 12.2. The first-order valence-corrected chi connectivity index (χ1v) is 11.3. The van der Waals surface area contributed by atoms with Gasteiger partial charge in [0.2, 0.25) is 5.91 Å². The number of hydrogen-bond donors (Lipinski definition) is 1. The van der Waals surface area contributed by atoms with E-state index in [0.29, 0.717) is 29.8 Å². The lowest BCUT2D eigenvalue weighted by Gasteiger charge is -2.10. The number of carbonyl (C=O) groups excluding carboxylic acids is 1. The zero-order valence-electron chi connectivity index (χ0n) is 16.5. The van der Waals surface area contributed by atoms with Crippen LogP contribution in [0.2, 0.25) is 5.02 Å². The van der Waals surface area contributed by atoms with Crippen molar-refractivity contribution in [1.82, 2.24) is 20.1 Å². The molecule has 1 amide bonds. The standard InChI is InChI=1S/C22H23ClN4O2S/c23-18-8-10-19(11-9-18)29-13-12-24-20(28)15-30-22-26-25-21(17-6-7-17)27(22)14-16-4-2-1-3-5-16/h1-5,8-11,17H,6-7,12-15H2,(H,24,28). The third-order valence-electron chi connectivity index (χ3n) is 4.71. The number of halogens is 1. The molecule has 1 aliphatic rings. The van der Waals surface area contributed by atoms with Crippen molar-refractivity contribution in [3.8, 4) is 5.75 Å². The summed E-state index contributed by atoms with van der Waals surface area (Å²) in [6, 6.07) is 17.4. The molecule has 8 heteroatoms. The highest BCUT2D eigenvalue weighted by molar-refractivity contribution is 7.99. The van der Waals surface area contributed by atoms with Crippen molar-refractivity contribution >= 4 is 29.3 Å². The fourth-order valence-corrected chi connectivity index (χ4v) is 3.94. The Morgan fingerprint density at radius 2 is 1.90 bits per heavy atom. The maximum Gasteiger partial charge on any atom is 0.230 e. The SMILES string of the molecule is O=C(CSc1nnc(C2CC2)n1Cc1ccccc1)NCCOc1ccc(Cl)cc1. The van der Waals surface area contributed by atoms with E-state index < -0.39 is 0 Å². The van der Waals surface area contributed by atoms with Crippen LogP contribution >= 0.6 is 23.4 Å². The minimum absolute atomic E-state index is 0.0538. The predicted octanol–water partition coefficient (Wildman–Crippen LogP) is 4.14. The summed E-state index contributed by atoms with van der Waals surface area (Å²) >= 11 is 7.27. The van der Waals surface area contributed by atoms with Gasteiger partial charge in [-0.2, -0.15) is 0 Å². The average molecular weight is 443 g/mol. The van der Waals surface area contributed by atoms with Gasteiger partial charge in [0.15, 0.2) is 5.16 Å². The van der Waals surface area contributed by atoms with Crippen molar-refractivity contribution in [2.24, 2.45) is 0 Å². The number of benzene rings is 2. The maximum absolute atomic E-state index is 12.2. The molecule has 1 N–H and O–H groups in total. The van der Waals surface area contributed by atoms with Gasteiger partial charge in [-0.25, -0.2) is 0 Å². The lowest BCUT2D eigenvalue weighted by atomic mass is 10.2. The molecule has 1 heterocycles. The van der Waals surface area contributed by atoms with Crippen LogP contribution in [0, 0.1) is 0 Å². The fraction of sp³-hybridized carbons (Fsp3) is 0.318. The molecule has 156 valence electrons. The Morgan fingerprint density at radius 3 is 2.63 bits per heavy atom. The second-order valence-electron chi connectivity index (χ2n) is 7.13. The minimum atomic E-state index is -0.0538. The number of amides is 1. The van der Waals surface area contributed by atoms with E-state index in [0.717, 1.165) is 36.1 Å². The lowest BCUT2D eigenvalue weighted by Crippen LogP contribution is -2.29. The van der Waals surface area contributed by atoms with Crippen molar-refractivity contribution in [1.29, 1.82) is 0 Å². The smallest absolute Gasteiger partial charge is 0.230 e. The van der Waals surface area contributed by atoms with Crippen LogP contribution in [0.4, 0.5) is 0 Å². The fourth-order valence-electron chi connectivity index (χ4n) is 3.04. The number of carbonyl (C=O) groups is 1. The Labute approximate surface area is 185 Å². The van der Waals surface area contributed by atoms with Crippen LogP contribution < -0.4 is 10.1 Å². The molecule has 3 aromatic rings. The summed E-state index contributed by atoms with van der Waals surface area (Å²) in [5.74, 6) is 2.48. The second-order valence-corrected chi connectivity index (χ2v) is 8.51. The van der Waals surface area contributed by atoms with Gasteiger partial charge in [-0.15, -0.1) is 10.2 Å². The number of hydrogen-bond acceptors (Lipinski definition) is 5. The number of nitrogens with one attached hydrogen (secondary N) is 1. The van der Waals surface area contributed by atoms with Gasteiger partial charge in [-0.3, -0.25) is 4.79 Å². The highest BCUT2D eigenvalue weighted by atomic mass is 35.5. The predicted molar refractivity (Wildman–Crippen MR) is 118 cm³/mol. The first-order chi connectivity index (χ1) is 14.7. The van der Waals surface area contributed by atoms with Crippen LogP contribution in [-0.4, -0.2) is 39.6 Å². The van der Waals surface area contributed by atoms with Crippen LogP contribution in [0.1, 0.15) is 30.1 Å². The van der Waals surface area contributed by atoms with Crippen LogP contribution in [0.15, 0.2) is 59.8 Å². The van der Waals surface area contributed by atoms with Gasteiger partial charge < -0.3 is 14.6 Å². The Kier molecular flexibility index (Phi) is 6.92. The van der Waals surface area contributed by atoms with E-state index in [-0.39, 0.29) is 5.91 Å². The van der Waals surface area contributed by atoms with E-state index in [1.807, 2.05) is 18.2 Å². The molecule has 1 aromatic heterocycles. The van der Waals surface area contributed by atoms with Crippen molar-refractivity contribution < 1.29 is 9.53 Å². The summed E-state index contributed by atoms with van der Waals surface area (Å²) in [6.45, 7) is 1.55. The van der Waals surface area contributed by atoms with Crippen LogP contribution in [0.3, 0.4) is 0 Å². The van der Waals surface area contributed by atoms with E-state index in [4.69, 9.17) is 16.3 Å². The molecule has 4 rings (SSSR count). The quantitative estimate of drug-likeness (QED) is 0.377. The van der Waals surface area contributed by atoms with Crippen molar-refractivity contribution in [2.75, 3.05) is 18.9 Å². The van der Waals surface area contributed by atoms with Crippen LogP contribution in [-0.2, 0) is 11.3 Å². The molecule has 0 spiro atoms. The van der Waals surface area contributed by atoms with Gasteiger partial charge in [0, 0.05) is 10.9 Å². The van der Waals surface area contributed by atoms with Gasteiger partial charge in [0.05, 0.1) is 18.8 Å². The number of rotatable bonds is 10. The normalized spacial score (nSPS) is 13.2. The number of thioether (sulfide) groups is 1. The summed E-state index contributed by atoms with van der Waals surface area (Å²) in [5, 5.41) is 13.1. The molecular formula is C22H23ClN4O2S. The zero-order valence-corrected chi connectivity index (χ0v) is 18.0. The molecular weight excluding hydrogens is 420 g/mol. The molecule has 0 unspecified atom stereocenters. The highest BCUT2D eigenvalue weighted by Crippen LogP contribution is 2.40. The van der Waals surface area contributed by atoms with Gasteiger partial charge in [0.25, 0.3) is 0 Å². The Bertz CT molecular complexity index is 975. The second kappa shape index (κ2) is 10.00. The van der Waals surface area contributed by atoms with Gasteiger partial charge in [-0.05, 0) is 42.7 Å². The lowest BCUT2D eigenvalue weighted by molar-refractivity contribution is -0.118. The molecule has 1 aliphatic carbocycles.